The third kappa shape index (κ3) is 33.9. The van der Waals surface area contributed by atoms with E-state index in [0.717, 1.165) is 16.5 Å². The van der Waals surface area contributed by atoms with E-state index in [0.29, 0.717) is 94.4 Å². The molecule has 9 amide bonds. The first-order valence-corrected chi connectivity index (χ1v) is 36.3. The first-order valence-electron chi connectivity index (χ1n) is 36.3. The maximum atomic E-state index is 14.8. The number of nitrogens with one attached hydrogen (secondary N) is 10. The van der Waals surface area contributed by atoms with E-state index in [1.807, 2.05) is 53.4 Å². The number of aromatic nitrogens is 3. The number of carboxylic acids is 3. The number of guanidine groups is 1. The quantitative estimate of drug-likeness (QED) is 0.0124. The van der Waals surface area contributed by atoms with Crippen LogP contribution in [0.4, 0.5) is 0 Å². The normalized spacial score (nSPS) is 14.7. The monoisotopic (exact) mass is 1490 g/mol. The predicted octanol–water partition coefficient (Wildman–Crippen LogP) is -1.15. The number of hydrogen-bond acceptors (Lipinski definition) is 18. The van der Waals surface area contributed by atoms with Crippen molar-refractivity contribution >= 4 is 87.9 Å². The van der Waals surface area contributed by atoms with Gasteiger partial charge in [-0.05, 0) is 74.1 Å². The largest absolute Gasteiger partial charge is 0.480 e. The molecule has 107 heavy (non-hydrogen) atoms. The molecule has 3 aromatic carbocycles. The molecule has 5 atom stereocenters. The van der Waals surface area contributed by atoms with Crippen molar-refractivity contribution in [3.8, 4) is 0 Å². The number of rotatable bonds is 46. The van der Waals surface area contributed by atoms with Crippen molar-refractivity contribution in [2.45, 2.75) is 133 Å². The molecule has 19 N–H and O–H groups in total. The number of fused-ring (bicyclic) bond motifs is 1. The molecule has 582 valence electrons. The number of nitrogens with zero attached hydrogens (tertiary/aromatic N) is 6. The number of carbonyl (C=O) groups is 12. The second-order valence-electron chi connectivity index (χ2n) is 26.5. The molecule has 1 aliphatic rings. The Morgan fingerprint density at radius 1 is 0.458 bits per heavy atom. The SMILES string of the molecule is NC(=O)[C@H](CCCCCNC(=O)CCCCCNC(=O)CN1CCN(CC(=O)O)CCN(CC(=O)O)CCN(CC(=O)O)CC1)NC(=O)CNC(=O)[C@H](Cc1c[nH]c2ccccc12)NC(=O)[C@H](CCCN=C(N)N)NC(=O)C(Cc1ccccc1)NC(=O)[C@H](Cc1cnc[nH]1)NC(=O)CCCc1ccccc1. The fourth-order valence-corrected chi connectivity index (χ4v) is 12.2. The minimum absolute atomic E-state index is 0.00235. The lowest BCUT2D eigenvalue weighted by molar-refractivity contribution is -0.140. The number of primary amides is 1. The molecular weight excluding hydrogens is 1380 g/mol. The highest BCUT2D eigenvalue weighted by Gasteiger charge is 2.33. The molecular formula is C73H105N19O15. The molecule has 3 heterocycles. The van der Waals surface area contributed by atoms with Crippen LogP contribution in [0, 0.1) is 0 Å². The Hall–Kier alpha value is -10.8. The number of aromatic amines is 2. The van der Waals surface area contributed by atoms with Gasteiger partial charge in [0.25, 0.3) is 0 Å². The smallest absolute Gasteiger partial charge is 0.317 e. The maximum absolute atomic E-state index is 14.8. The summed E-state index contributed by atoms with van der Waals surface area (Å²) >= 11 is 0. The maximum Gasteiger partial charge on any atom is 0.317 e. The molecule has 34 heteroatoms. The average Bonchev–Trinajstić information content (AvgIpc) is 1.73. The van der Waals surface area contributed by atoms with E-state index in [-0.39, 0.29) is 147 Å². The van der Waals surface area contributed by atoms with Gasteiger partial charge in [-0.25, -0.2) is 4.98 Å². The summed E-state index contributed by atoms with van der Waals surface area (Å²) in [5, 5.41) is 51.4. The van der Waals surface area contributed by atoms with Gasteiger partial charge in [0.15, 0.2) is 5.96 Å². The second-order valence-corrected chi connectivity index (χ2v) is 26.5. The highest BCUT2D eigenvalue weighted by atomic mass is 16.4. The summed E-state index contributed by atoms with van der Waals surface area (Å²) < 4.78 is 0. The van der Waals surface area contributed by atoms with E-state index >= 15 is 0 Å². The number of nitrogens with two attached hydrogens (primary N) is 3. The molecule has 0 saturated carbocycles. The summed E-state index contributed by atoms with van der Waals surface area (Å²) in [6, 6.07) is 19.5. The number of aliphatic imine (C=N–C) groups is 1. The zero-order valence-corrected chi connectivity index (χ0v) is 60.5. The van der Waals surface area contributed by atoms with Crippen molar-refractivity contribution in [1.82, 2.24) is 77.1 Å². The van der Waals surface area contributed by atoms with Crippen LogP contribution < -0.4 is 59.7 Å². The van der Waals surface area contributed by atoms with Gasteiger partial charge in [-0.1, -0.05) is 98.1 Å². The van der Waals surface area contributed by atoms with Gasteiger partial charge in [-0.3, -0.25) is 82.1 Å². The highest BCUT2D eigenvalue weighted by Crippen LogP contribution is 2.20. The minimum atomic E-state index is -1.37. The van der Waals surface area contributed by atoms with Gasteiger partial charge in [0.05, 0.1) is 39.1 Å². The molecule has 2 aromatic heterocycles. The van der Waals surface area contributed by atoms with E-state index in [1.165, 1.54) is 12.5 Å². The fraction of sp³-hybridized carbons (Fsp3) is 0.507. The second kappa shape index (κ2) is 46.9. The molecule has 0 aliphatic carbocycles. The number of benzene rings is 3. The third-order valence-corrected chi connectivity index (χ3v) is 17.9. The summed E-state index contributed by atoms with van der Waals surface area (Å²) in [5.74, 6) is -8.81. The predicted molar refractivity (Wildman–Crippen MR) is 397 cm³/mol. The Kier molecular flexibility index (Phi) is 37.3. The Bertz CT molecular complexity index is 3660. The van der Waals surface area contributed by atoms with Crippen LogP contribution in [0.5, 0.6) is 0 Å². The lowest BCUT2D eigenvalue weighted by Gasteiger charge is -2.32. The van der Waals surface area contributed by atoms with E-state index < -0.39 is 90.1 Å². The summed E-state index contributed by atoms with van der Waals surface area (Å²) in [7, 11) is 0. The Balaban J connectivity index is 0.982. The van der Waals surface area contributed by atoms with Crippen LogP contribution in [0.3, 0.4) is 0 Å². The van der Waals surface area contributed by atoms with Gasteiger partial charge in [0.1, 0.15) is 30.2 Å². The number of unbranched alkanes of at least 4 members (excludes halogenated alkanes) is 4. The zero-order chi connectivity index (χ0) is 77.3. The van der Waals surface area contributed by atoms with Gasteiger partial charge < -0.3 is 85.0 Å². The van der Waals surface area contributed by atoms with E-state index in [1.54, 1.807) is 57.3 Å². The summed E-state index contributed by atoms with van der Waals surface area (Å²) in [6.07, 6.45) is 9.58. The first-order chi connectivity index (χ1) is 51.5. The van der Waals surface area contributed by atoms with Gasteiger partial charge in [-0.2, -0.15) is 0 Å². The summed E-state index contributed by atoms with van der Waals surface area (Å²) in [4.78, 5) is 180. The lowest BCUT2D eigenvalue weighted by Crippen LogP contribution is -2.59. The van der Waals surface area contributed by atoms with Gasteiger partial charge >= 0.3 is 17.9 Å². The molecule has 1 unspecified atom stereocenters. The highest BCUT2D eigenvalue weighted by molar-refractivity contribution is 5.97. The number of carboxylic acid groups (broad SMARTS) is 3. The molecule has 0 radical (unpaired) electrons. The summed E-state index contributed by atoms with van der Waals surface area (Å²) in [5.41, 5.74) is 20.6. The van der Waals surface area contributed by atoms with Crippen LogP contribution in [0.1, 0.15) is 99.4 Å². The molecule has 1 saturated heterocycles. The first kappa shape index (κ1) is 85.1. The molecule has 5 aromatic rings. The standard InChI is InChI=1S/C73H105N19O15/c74-68(103)56(24-9-3-13-28-78-61(93)26-10-4-14-29-79-64(96)45-89-31-33-90(46-65(97)98)35-37-92(48-67(101)102)38-36-91(34-32-89)47-66(99)100)84-63(95)44-82-69(104)59(40-52-42-81-55-23-12-11-22-54(52)55)88-70(105)57(25-16-30-80-73(75)76)86-71(106)58(39-51-19-7-2-8-20-51)87-72(107)60(41-53-43-77-49-83-53)85-62(94)27-15-21-50-17-5-1-6-18-50/h1-2,5-8,11-12,17-20,22-23,42-43,49,56-60,81H,3-4,9-10,13-16,21,24-41,44-48H2,(H2,74,103)(H,77,83)(H,78,93)(H,79,96)(H,82,104)(H,84,95)(H,85,94)(H,86,106)(H,87,107)(H,88,105)(H,97,98)(H,99,100)(H,101,102)(H4,75,76,80)/t56-,57-,58?,59-,60-/m0/s1. The Labute approximate surface area is 621 Å². The van der Waals surface area contributed by atoms with Crippen LogP contribution >= 0.6 is 0 Å². The van der Waals surface area contributed by atoms with Gasteiger partial charge in [0.2, 0.25) is 53.2 Å². The van der Waals surface area contributed by atoms with Crippen molar-refractivity contribution in [2.75, 3.05) is 105 Å². The van der Waals surface area contributed by atoms with Crippen LogP contribution in [-0.2, 0) is 83.2 Å². The van der Waals surface area contributed by atoms with Crippen molar-refractivity contribution < 1.29 is 72.9 Å². The Morgan fingerprint density at radius 2 is 0.953 bits per heavy atom. The summed E-state index contributed by atoms with van der Waals surface area (Å²) in [6.45, 7) is 1.43. The number of amides is 9. The Morgan fingerprint density at radius 3 is 1.52 bits per heavy atom. The molecule has 34 nitrogen and oxygen atoms in total. The van der Waals surface area contributed by atoms with Gasteiger partial charge in [0, 0.05) is 133 Å². The van der Waals surface area contributed by atoms with Crippen molar-refractivity contribution in [2.24, 2.45) is 22.2 Å². The number of H-pyrrole nitrogens is 2. The van der Waals surface area contributed by atoms with E-state index in [9.17, 15) is 72.9 Å². The third-order valence-electron chi connectivity index (χ3n) is 17.9. The average molecular weight is 1490 g/mol. The zero-order valence-electron chi connectivity index (χ0n) is 60.5. The number of imidazole rings is 1. The number of para-hydroxylation sites is 1. The fourth-order valence-electron chi connectivity index (χ4n) is 12.2. The number of aliphatic carboxylic acids is 3. The molecule has 0 bridgehead atoms. The lowest BCUT2D eigenvalue weighted by atomic mass is 10.0. The molecule has 0 spiro atoms. The van der Waals surface area contributed by atoms with Gasteiger partial charge in [-0.15, -0.1) is 0 Å². The van der Waals surface area contributed by atoms with Crippen LogP contribution in [0.25, 0.3) is 10.9 Å². The number of carbonyl (C=O) groups excluding carboxylic acids is 9. The van der Waals surface area contributed by atoms with Crippen LogP contribution in [0.15, 0.2) is 109 Å². The van der Waals surface area contributed by atoms with Crippen molar-refractivity contribution in [3.05, 3.63) is 126 Å². The van der Waals surface area contributed by atoms with Crippen molar-refractivity contribution in [1.29, 1.82) is 0 Å². The topological polar surface area (TPSA) is 510 Å². The molecule has 1 fully saturated rings. The van der Waals surface area contributed by atoms with Crippen LogP contribution in [-0.4, -0.2) is 262 Å². The minimum Gasteiger partial charge on any atom is -0.480 e. The van der Waals surface area contributed by atoms with E-state index in [4.69, 9.17) is 17.2 Å². The van der Waals surface area contributed by atoms with Crippen LogP contribution in [0.2, 0.25) is 0 Å². The van der Waals surface area contributed by atoms with E-state index in [2.05, 4.69) is 62.5 Å². The van der Waals surface area contributed by atoms with Crippen molar-refractivity contribution in [3.63, 3.8) is 0 Å². The molecule has 6 rings (SSSR count). The number of hydrogen-bond donors (Lipinski definition) is 16. The molecule has 1 aliphatic heterocycles. The number of aryl methyl sites for hydroxylation is 1.